The van der Waals surface area contributed by atoms with Crippen LogP contribution in [-0.4, -0.2) is 72.7 Å². The van der Waals surface area contributed by atoms with Crippen molar-refractivity contribution < 1.29 is 19.1 Å². The smallest absolute Gasteiger partial charge is 0.243 e. The number of hydrogen-bond acceptors (Lipinski definition) is 6. The van der Waals surface area contributed by atoms with Crippen LogP contribution in [0.4, 0.5) is 5.69 Å². The summed E-state index contributed by atoms with van der Waals surface area (Å²) in [4.78, 5) is 39.3. The van der Waals surface area contributed by atoms with Gasteiger partial charge in [-0.05, 0) is 23.3 Å². The molecule has 2 aromatic rings. The van der Waals surface area contributed by atoms with Crippen LogP contribution in [0.2, 0.25) is 0 Å². The van der Waals surface area contributed by atoms with Crippen molar-refractivity contribution in [2.45, 2.75) is 32.2 Å². The van der Waals surface area contributed by atoms with Gasteiger partial charge in [-0.15, -0.1) is 0 Å². The van der Waals surface area contributed by atoms with E-state index in [2.05, 4.69) is 20.6 Å². The Labute approximate surface area is 211 Å². The summed E-state index contributed by atoms with van der Waals surface area (Å²) in [5, 5.41) is 11.7. The monoisotopic (exact) mass is 491 g/mol. The highest BCUT2D eigenvalue weighted by Gasteiger charge is 2.22. The fraction of sp³-hybridized carbons (Fsp3) is 0.407. The van der Waals surface area contributed by atoms with Gasteiger partial charge in [0.15, 0.2) is 0 Å². The summed E-state index contributed by atoms with van der Waals surface area (Å²) >= 11 is 0. The second-order valence-corrected chi connectivity index (χ2v) is 8.91. The zero-order valence-corrected chi connectivity index (χ0v) is 20.4. The molecule has 3 amide bonds. The van der Waals surface area contributed by atoms with Gasteiger partial charge in [-0.1, -0.05) is 42.5 Å². The zero-order chi connectivity index (χ0) is 25.2. The number of benzene rings is 2. The molecule has 0 aliphatic carbocycles. The van der Waals surface area contributed by atoms with E-state index in [0.717, 1.165) is 29.9 Å². The van der Waals surface area contributed by atoms with Gasteiger partial charge in [0.25, 0.3) is 0 Å². The van der Waals surface area contributed by atoms with Crippen molar-refractivity contribution in [3.05, 3.63) is 65.7 Å². The molecule has 1 fully saturated rings. The van der Waals surface area contributed by atoms with Crippen LogP contribution in [-0.2, 0) is 25.7 Å². The van der Waals surface area contributed by atoms with E-state index in [4.69, 9.17) is 4.74 Å². The lowest BCUT2D eigenvalue weighted by Crippen LogP contribution is -2.38. The van der Waals surface area contributed by atoms with E-state index in [9.17, 15) is 14.4 Å². The van der Waals surface area contributed by atoms with E-state index in [0.29, 0.717) is 51.4 Å². The van der Waals surface area contributed by atoms with Crippen LogP contribution in [0.15, 0.2) is 59.7 Å². The van der Waals surface area contributed by atoms with Gasteiger partial charge in [-0.3, -0.25) is 19.3 Å². The second-order valence-electron chi connectivity index (χ2n) is 8.91. The third-order valence-electron chi connectivity index (χ3n) is 6.22. The van der Waals surface area contributed by atoms with Crippen molar-refractivity contribution in [2.24, 2.45) is 5.10 Å². The summed E-state index contributed by atoms with van der Waals surface area (Å²) in [5.74, 6) is -0.395. The first-order valence-electron chi connectivity index (χ1n) is 12.5. The van der Waals surface area contributed by atoms with E-state index in [-0.39, 0.29) is 30.6 Å². The van der Waals surface area contributed by atoms with Crippen molar-refractivity contribution in [3.63, 3.8) is 0 Å². The first-order chi connectivity index (χ1) is 17.6. The van der Waals surface area contributed by atoms with Crippen molar-refractivity contribution in [3.8, 4) is 0 Å². The predicted octanol–water partition coefficient (Wildman–Crippen LogP) is 2.38. The summed E-state index contributed by atoms with van der Waals surface area (Å²) in [7, 11) is 0. The van der Waals surface area contributed by atoms with Gasteiger partial charge in [0.1, 0.15) is 0 Å². The van der Waals surface area contributed by atoms with Crippen LogP contribution >= 0.6 is 0 Å². The summed E-state index contributed by atoms with van der Waals surface area (Å²) in [6.45, 7) is 4.71. The number of hydrazone groups is 1. The van der Waals surface area contributed by atoms with E-state index in [1.165, 1.54) is 5.01 Å². The lowest BCUT2D eigenvalue weighted by Gasteiger charge is -2.26. The van der Waals surface area contributed by atoms with Crippen molar-refractivity contribution in [2.75, 3.05) is 44.7 Å². The Morgan fingerprint density at radius 2 is 1.69 bits per heavy atom. The average Bonchev–Trinajstić information content (AvgIpc) is 3.41. The van der Waals surface area contributed by atoms with Gasteiger partial charge in [0.2, 0.25) is 17.7 Å². The molecule has 0 aromatic heterocycles. The maximum atomic E-state index is 12.5. The van der Waals surface area contributed by atoms with Crippen LogP contribution in [0.3, 0.4) is 0 Å². The molecule has 36 heavy (non-hydrogen) atoms. The maximum absolute atomic E-state index is 12.5. The molecular formula is C27H33N5O4. The highest BCUT2D eigenvalue weighted by Crippen LogP contribution is 2.15. The summed E-state index contributed by atoms with van der Waals surface area (Å²) in [5.41, 5.74) is 3.48. The van der Waals surface area contributed by atoms with Crippen LogP contribution in [0, 0.1) is 0 Å². The Morgan fingerprint density at radius 1 is 0.889 bits per heavy atom. The van der Waals surface area contributed by atoms with Crippen molar-refractivity contribution in [1.29, 1.82) is 0 Å². The topological polar surface area (TPSA) is 103 Å². The number of hydrogen-bond donors (Lipinski definition) is 2. The molecular weight excluding hydrogens is 458 g/mol. The lowest BCUT2D eigenvalue weighted by atomic mass is 10.1. The number of rotatable bonds is 10. The molecule has 190 valence electrons. The molecule has 9 heteroatoms. The standard InChI is InChI=1S/C27H33N5O4/c33-25(9-10-27(35)32-14-11-24(30-32)22-6-2-1-3-7-22)28-20-21-5-4-8-23(19-21)29-26(34)12-13-31-15-17-36-18-16-31/h1-8,19H,9-18,20H2,(H,28,33)(H,29,34). The van der Waals surface area contributed by atoms with E-state index < -0.39 is 0 Å². The minimum absolute atomic E-state index is 0.0406. The number of nitrogens with one attached hydrogen (secondary N) is 2. The minimum Gasteiger partial charge on any atom is -0.379 e. The molecule has 2 aromatic carbocycles. The highest BCUT2D eigenvalue weighted by molar-refractivity contribution is 6.02. The average molecular weight is 492 g/mol. The fourth-order valence-electron chi connectivity index (χ4n) is 4.18. The third-order valence-corrected chi connectivity index (χ3v) is 6.22. The normalized spacial score (nSPS) is 15.9. The van der Waals surface area contributed by atoms with Crippen molar-refractivity contribution in [1.82, 2.24) is 15.2 Å². The molecule has 9 nitrogen and oxygen atoms in total. The molecule has 0 unspecified atom stereocenters. The van der Waals surface area contributed by atoms with Gasteiger partial charge >= 0.3 is 0 Å². The predicted molar refractivity (Wildman–Crippen MR) is 137 cm³/mol. The Morgan fingerprint density at radius 3 is 2.50 bits per heavy atom. The van der Waals surface area contributed by atoms with E-state index >= 15 is 0 Å². The Bertz CT molecular complexity index is 1080. The van der Waals surface area contributed by atoms with E-state index in [1.54, 1.807) is 0 Å². The molecule has 1 saturated heterocycles. The van der Waals surface area contributed by atoms with E-state index in [1.807, 2.05) is 54.6 Å². The van der Waals surface area contributed by atoms with Gasteiger partial charge in [-0.25, -0.2) is 5.01 Å². The molecule has 0 saturated carbocycles. The number of nitrogens with zero attached hydrogens (tertiary/aromatic N) is 3. The molecule has 0 spiro atoms. The summed E-state index contributed by atoms with van der Waals surface area (Å²) in [6.07, 6.45) is 1.34. The van der Waals surface area contributed by atoms with Crippen LogP contribution < -0.4 is 10.6 Å². The highest BCUT2D eigenvalue weighted by atomic mass is 16.5. The van der Waals surface area contributed by atoms with Crippen LogP contribution in [0.5, 0.6) is 0 Å². The third kappa shape index (κ3) is 7.73. The SMILES string of the molecule is O=C(CCC(=O)N1CCC(c2ccccc2)=N1)NCc1cccc(NC(=O)CCN2CCOCC2)c1. The largest absolute Gasteiger partial charge is 0.379 e. The minimum atomic E-state index is -0.199. The zero-order valence-electron chi connectivity index (χ0n) is 20.4. The number of anilines is 1. The first-order valence-corrected chi connectivity index (χ1v) is 12.5. The van der Waals surface area contributed by atoms with Gasteiger partial charge < -0.3 is 15.4 Å². The molecule has 0 bridgehead atoms. The molecule has 2 heterocycles. The molecule has 2 N–H and O–H groups in total. The number of carbonyl (C=O) groups excluding carboxylic acids is 3. The van der Waals surface area contributed by atoms with Crippen molar-refractivity contribution >= 4 is 29.1 Å². The molecule has 2 aliphatic heterocycles. The van der Waals surface area contributed by atoms with Gasteiger partial charge in [0.05, 0.1) is 25.5 Å². The Hall–Kier alpha value is -3.56. The number of ether oxygens (including phenoxy) is 1. The Balaban J connectivity index is 1.16. The van der Waals surface area contributed by atoms with Crippen LogP contribution in [0.25, 0.3) is 0 Å². The summed E-state index contributed by atoms with van der Waals surface area (Å²) < 4.78 is 5.33. The van der Waals surface area contributed by atoms with Gasteiger partial charge in [-0.2, -0.15) is 5.10 Å². The molecule has 4 rings (SSSR count). The molecule has 0 radical (unpaired) electrons. The first kappa shape index (κ1) is 25.5. The van der Waals surface area contributed by atoms with Crippen LogP contribution in [0.1, 0.15) is 36.8 Å². The molecule has 0 atom stereocenters. The number of morpholine rings is 1. The summed E-state index contributed by atoms with van der Waals surface area (Å²) in [6, 6.07) is 17.2. The second kappa shape index (κ2) is 12.9. The Kier molecular flexibility index (Phi) is 9.18. The quantitative estimate of drug-likeness (QED) is 0.531. The lowest BCUT2D eigenvalue weighted by molar-refractivity contribution is -0.133. The number of amides is 3. The number of carbonyl (C=O) groups is 3. The fourth-order valence-corrected chi connectivity index (χ4v) is 4.18. The molecule has 2 aliphatic rings. The maximum Gasteiger partial charge on any atom is 0.243 e. The van der Waals surface area contributed by atoms with Gasteiger partial charge in [0, 0.05) is 57.5 Å².